The third-order valence-electron chi connectivity index (χ3n) is 9.22. The van der Waals surface area contributed by atoms with E-state index in [1.54, 1.807) is 6.92 Å². The van der Waals surface area contributed by atoms with E-state index >= 15 is 0 Å². The number of amides is 5. The number of nitrogens with one attached hydrogen (secondary N) is 5. The number of hydrogen-bond acceptors (Lipinski definition) is 9. The molecule has 0 aromatic heterocycles. The van der Waals surface area contributed by atoms with Crippen LogP contribution in [-0.2, 0) is 57.6 Å². The molecule has 0 bridgehead atoms. The van der Waals surface area contributed by atoms with Gasteiger partial charge in [0.05, 0.1) is 24.7 Å². The summed E-state index contributed by atoms with van der Waals surface area (Å²) >= 11 is 0. The number of aldehydes is 3. The average molecular weight is 872 g/mol. The van der Waals surface area contributed by atoms with Gasteiger partial charge in [0.1, 0.15) is 30.9 Å². The molecule has 14 heteroatoms. The maximum Gasteiger partial charge on any atom is 0.407 e. The molecular weight excluding hydrogens is 803 g/mol. The van der Waals surface area contributed by atoms with Gasteiger partial charge >= 0.3 is 6.09 Å². The molecule has 5 unspecified atom stereocenters. The Balaban J connectivity index is 0.000000477. The van der Waals surface area contributed by atoms with Gasteiger partial charge in [-0.25, -0.2) is 4.79 Å². The molecule has 3 rings (SSSR count). The van der Waals surface area contributed by atoms with Gasteiger partial charge in [0.25, 0.3) is 0 Å². The second kappa shape index (κ2) is 32.5. The molecule has 0 radical (unpaired) electrons. The highest BCUT2D eigenvalue weighted by Gasteiger charge is 2.25. The Bertz CT molecular complexity index is 1780. The van der Waals surface area contributed by atoms with Crippen molar-refractivity contribution in [3.8, 4) is 0 Å². The van der Waals surface area contributed by atoms with Crippen LogP contribution < -0.4 is 26.6 Å². The van der Waals surface area contributed by atoms with Gasteiger partial charge in [0.15, 0.2) is 0 Å². The highest BCUT2D eigenvalue weighted by molar-refractivity contribution is 5.88. The number of carbonyl (C=O) groups is 8. The van der Waals surface area contributed by atoms with E-state index in [9.17, 15) is 38.4 Å². The van der Waals surface area contributed by atoms with Crippen molar-refractivity contribution in [2.24, 2.45) is 17.8 Å². The lowest BCUT2D eigenvalue weighted by Crippen LogP contribution is -2.51. The normalized spacial score (nSPS) is 12.9. The average Bonchev–Trinajstić information content (AvgIpc) is 3.25. The molecule has 14 nitrogen and oxygen atoms in total. The maximum atomic E-state index is 12.4. The highest BCUT2D eigenvalue weighted by atomic mass is 16.5. The maximum absolute atomic E-state index is 12.4. The number of ether oxygens (including phenoxy) is 1. The Morgan fingerprint density at radius 2 is 0.905 bits per heavy atom. The van der Waals surface area contributed by atoms with Crippen LogP contribution in [0.3, 0.4) is 0 Å². The summed E-state index contributed by atoms with van der Waals surface area (Å²) in [4.78, 5) is 91.8. The molecule has 0 saturated heterocycles. The quantitative estimate of drug-likeness (QED) is 0.0682. The van der Waals surface area contributed by atoms with Crippen molar-refractivity contribution in [3.05, 3.63) is 108 Å². The second-order valence-electron chi connectivity index (χ2n) is 16.3. The minimum atomic E-state index is -0.734. The van der Waals surface area contributed by atoms with Crippen molar-refractivity contribution in [1.82, 2.24) is 26.6 Å². The van der Waals surface area contributed by atoms with Crippen LogP contribution in [0.2, 0.25) is 0 Å². The van der Waals surface area contributed by atoms with E-state index in [4.69, 9.17) is 4.74 Å². The summed E-state index contributed by atoms with van der Waals surface area (Å²) in [7, 11) is 0. The van der Waals surface area contributed by atoms with E-state index in [1.807, 2.05) is 119 Å². The van der Waals surface area contributed by atoms with E-state index in [0.717, 1.165) is 35.7 Å². The summed E-state index contributed by atoms with van der Waals surface area (Å²) in [5, 5.41) is 13.2. The highest BCUT2D eigenvalue weighted by Crippen LogP contribution is 2.09. The van der Waals surface area contributed by atoms with Crippen molar-refractivity contribution >= 4 is 49.1 Å². The number of benzene rings is 3. The zero-order valence-corrected chi connectivity index (χ0v) is 37.9. The Kier molecular flexibility index (Phi) is 28.3. The van der Waals surface area contributed by atoms with Gasteiger partial charge in [0, 0.05) is 6.42 Å². The molecule has 5 amide bonds. The predicted molar refractivity (Wildman–Crippen MR) is 244 cm³/mol. The van der Waals surface area contributed by atoms with Crippen LogP contribution in [0.15, 0.2) is 91.0 Å². The number of alkyl carbamates (subject to hydrolysis) is 1. The largest absolute Gasteiger partial charge is 0.450 e. The van der Waals surface area contributed by atoms with E-state index in [0.29, 0.717) is 57.1 Å². The molecule has 0 aliphatic rings. The first-order valence-corrected chi connectivity index (χ1v) is 21.6. The molecule has 5 atom stereocenters. The molecule has 0 saturated carbocycles. The summed E-state index contributed by atoms with van der Waals surface area (Å²) < 4.78 is 4.83. The topological polar surface area (TPSA) is 206 Å². The summed E-state index contributed by atoms with van der Waals surface area (Å²) in [6.45, 7) is 13.9. The first-order chi connectivity index (χ1) is 30.1. The van der Waals surface area contributed by atoms with Crippen molar-refractivity contribution in [1.29, 1.82) is 0 Å². The minimum absolute atomic E-state index is 0.0447. The Morgan fingerprint density at radius 1 is 0.524 bits per heavy atom. The van der Waals surface area contributed by atoms with Crippen LogP contribution in [0, 0.1) is 17.8 Å². The fourth-order valence-electron chi connectivity index (χ4n) is 6.09. The lowest BCUT2D eigenvalue weighted by molar-refractivity contribution is -0.127. The monoisotopic (exact) mass is 872 g/mol. The molecule has 0 aliphatic heterocycles. The van der Waals surface area contributed by atoms with Crippen LogP contribution in [0.5, 0.6) is 0 Å². The van der Waals surface area contributed by atoms with E-state index in [2.05, 4.69) is 40.4 Å². The van der Waals surface area contributed by atoms with Gasteiger partial charge in [-0.2, -0.15) is 0 Å². The van der Waals surface area contributed by atoms with Crippen LogP contribution in [0.1, 0.15) is 90.8 Å². The van der Waals surface area contributed by atoms with E-state index in [1.165, 1.54) is 0 Å². The van der Waals surface area contributed by atoms with Gasteiger partial charge in [-0.3, -0.25) is 19.2 Å². The fourth-order valence-corrected chi connectivity index (χ4v) is 6.09. The van der Waals surface area contributed by atoms with Crippen molar-refractivity contribution in [2.45, 2.75) is 124 Å². The van der Waals surface area contributed by atoms with Crippen LogP contribution in [0.4, 0.5) is 4.79 Å². The number of carbonyl (C=O) groups excluding carboxylic acids is 8. The molecule has 3 aromatic carbocycles. The molecule has 3 aromatic rings. The predicted octanol–water partition coefficient (Wildman–Crippen LogP) is 5.50. The number of rotatable bonds is 25. The summed E-state index contributed by atoms with van der Waals surface area (Å²) in [5.74, 6) is 0.202. The van der Waals surface area contributed by atoms with Gasteiger partial charge in [-0.15, -0.1) is 0 Å². The Morgan fingerprint density at radius 3 is 1.25 bits per heavy atom. The lowest BCUT2D eigenvalue weighted by atomic mass is 10.0. The first kappa shape index (κ1) is 54.8. The van der Waals surface area contributed by atoms with Gasteiger partial charge in [-0.05, 0) is 79.9 Å². The molecule has 0 spiro atoms. The van der Waals surface area contributed by atoms with Crippen LogP contribution in [-0.4, -0.2) is 85.9 Å². The molecule has 63 heavy (non-hydrogen) atoms. The Labute approximate surface area is 373 Å². The second-order valence-corrected chi connectivity index (χ2v) is 16.3. The minimum Gasteiger partial charge on any atom is -0.450 e. The van der Waals surface area contributed by atoms with Gasteiger partial charge in [-0.1, -0.05) is 133 Å². The first-order valence-electron chi connectivity index (χ1n) is 21.6. The summed E-state index contributed by atoms with van der Waals surface area (Å²) in [6, 6.07) is 25.6. The molecule has 0 heterocycles. The van der Waals surface area contributed by atoms with E-state index < -0.39 is 36.3 Å². The molecule has 0 aliphatic carbocycles. The third kappa shape index (κ3) is 26.0. The third-order valence-corrected chi connectivity index (χ3v) is 9.22. The smallest absolute Gasteiger partial charge is 0.407 e. The van der Waals surface area contributed by atoms with Crippen molar-refractivity contribution in [2.75, 3.05) is 6.61 Å². The van der Waals surface area contributed by atoms with Crippen LogP contribution >= 0.6 is 0 Å². The van der Waals surface area contributed by atoms with Crippen molar-refractivity contribution in [3.63, 3.8) is 0 Å². The zero-order chi connectivity index (χ0) is 47.0. The lowest BCUT2D eigenvalue weighted by Gasteiger charge is -2.22. The Hall–Kier alpha value is -6.18. The summed E-state index contributed by atoms with van der Waals surface area (Å²) in [5.41, 5.74) is 2.98. The van der Waals surface area contributed by atoms with E-state index in [-0.39, 0.29) is 36.2 Å². The zero-order valence-electron chi connectivity index (χ0n) is 37.9. The molecule has 5 N–H and O–H groups in total. The number of hydrogen-bond donors (Lipinski definition) is 5. The summed E-state index contributed by atoms with van der Waals surface area (Å²) in [6.07, 6.45) is 5.83. The SMILES string of the molecule is CC(C)CC(NC=O)C(=O)NC(C=O)Cc1ccccc1.CC(C)CCC(=O)NC(C=O)Cc1ccccc1.CCOC(=O)NC(CC(C)C)C(=O)NC(C=O)Cc1ccccc1. The molecular formula is C49H69N5O9. The molecule has 0 fully saturated rings. The van der Waals surface area contributed by atoms with Gasteiger partial charge in [0.2, 0.25) is 24.1 Å². The van der Waals surface area contributed by atoms with Crippen molar-refractivity contribution < 1.29 is 43.1 Å². The standard InChI is InChI=1S/C18H26N2O4.C16H22N2O3.C15H21NO2/c1-4-24-18(23)20-16(10-13(2)3)17(22)19-15(12-21)11-14-8-6-5-7-9-14;1-12(2)8-15(17-11-20)16(21)18-14(10-19)9-13-6-4-3-5-7-13;1-12(2)8-9-15(18)16-14(11-17)10-13-6-4-3-5-7-13/h5-9,12-13,15-16H,4,10-11H2,1-3H3,(H,19,22)(H,20,23);3-7,10-12,14-15H,8-9H2,1-2H3,(H,17,20)(H,18,21);3-7,11-12,14H,8-10H2,1-2H3,(H,16,18). The van der Waals surface area contributed by atoms with Gasteiger partial charge < -0.3 is 45.7 Å². The fraction of sp³-hybridized carbons (Fsp3) is 0.469. The van der Waals surface area contributed by atoms with Crippen LogP contribution in [0.25, 0.3) is 0 Å². The molecule has 344 valence electrons.